The molecule has 1 unspecified atom stereocenters. The SMILES string of the molecule is O=C(CCC1CCCN1)NCc1ccccc1Cl. The Hall–Kier alpha value is -1.06. The standard InChI is InChI=1S/C14H19ClN2O/c15-13-6-2-1-4-11(13)10-17-14(18)8-7-12-5-3-9-16-12/h1-2,4,6,12,16H,3,5,7-10H2,(H,17,18). The van der Waals surface area contributed by atoms with E-state index in [0.29, 0.717) is 24.0 Å². The van der Waals surface area contributed by atoms with Crippen LogP contribution in [-0.2, 0) is 11.3 Å². The second-order valence-corrected chi connectivity index (χ2v) is 5.11. The number of hydrogen-bond donors (Lipinski definition) is 2. The maximum Gasteiger partial charge on any atom is 0.220 e. The van der Waals surface area contributed by atoms with Crippen molar-refractivity contribution >= 4 is 17.5 Å². The van der Waals surface area contributed by atoms with E-state index in [-0.39, 0.29) is 5.91 Å². The number of carbonyl (C=O) groups excluding carboxylic acids is 1. The molecule has 4 heteroatoms. The summed E-state index contributed by atoms with van der Waals surface area (Å²) in [6.07, 6.45) is 3.93. The van der Waals surface area contributed by atoms with Gasteiger partial charge in [-0.1, -0.05) is 29.8 Å². The monoisotopic (exact) mass is 266 g/mol. The Balaban J connectivity index is 1.69. The molecule has 2 rings (SSSR count). The molecule has 1 saturated heterocycles. The lowest BCUT2D eigenvalue weighted by Crippen LogP contribution is -2.27. The summed E-state index contributed by atoms with van der Waals surface area (Å²) in [6.45, 7) is 1.60. The number of amides is 1. The first-order valence-electron chi connectivity index (χ1n) is 6.49. The highest BCUT2D eigenvalue weighted by Gasteiger charge is 2.15. The van der Waals surface area contributed by atoms with Crippen molar-refractivity contribution in [2.45, 2.75) is 38.3 Å². The summed E-state index contributed by atoms with van der Waals surface area (Å²) < 4.78 is 0. The fourth-order valence-corrected chi connectivity index (χ4v) is 2.43. The first-order chi connectivity index (χ1) is 8.75. The molecule has 1 aromatic rings. The smallest absolute Gasteiger partial charge is 0.220 e. The fraction of sp³-hybridized carbons (Fsp3) is 0.500. The number of nitrogens with one attached hydrogen (secondary N) is 2. The van der Waals surface area contributed by atoms with E-state index in [1.165, 1.54) is 12.8 Å². The van der Waals surface area contributed by atoms with Gasteiger partial charge in [-0.05, 0) is 37.4 Å². The average molecular weight is 267 g/mol. The van der Waals surface area contributed by atoms with Crippen LogP contribution in [0.4, 0.5) is 0 Å². The van der Waals surface area contributed by atoms with Gasteiger partial charge in [-0.3, -0.25) is 4.79 Å². The van der Waals surface area contributed by atoms with E-state index in [1.54, 1.807) is 0 Å². The Morgan fingerprint density at radius 2 is 2.28 bits per heavy atom. The van der Waals surface area contributed by atoms with E-state index >= 15 is 0 Å². The van der Waals surface area contributed by atoms with Gasteiger partial charge in [0, 0.05) is 24.0 Å². The van der Waals surface area contributed by atoms with E-state index in [4.69, 9.17) is 11.6 Å². The van der Waals surface area contributed by atoms with Crippen LogP contribution in [0.5, 0.6) is 0 Å². The Kier molecular flexibility index (Phi) is 5.02. The summed E-state index contributed by atoms with van der Waals surface area (Å²) >= 11 is 6.03. The van der Waals surface area contributed by atoms with Gasteiger partial charge in [-0.2, -0.15) is 0 Å². The van der Waals surface area contributed by atoms with E-state index < -0.39 is 0 Å². The minimum atomic E-state index is 0.101. The van der Waals surface area contributed by atoms with E-state index in [1.807, 2.05) is 24.3 Å². The largest absolute Gasteiger partial charge is 0.352 e. The summed E-state index contributed by atoms with van der Waals surface area (Å²) in [6, 6.07) is 8.11. The zero-order chi connectivity index (χ0) is 12.8. The molecule has 1 amide bonds. The molecule has 98 valence electrons. The lowest BCUT2D eigenvalue weighted by atomic mass is 10.1. The molecule has 0 aliphatic carbocycles. The van der Waals surface area contributed by atoms with Gasteiger partial charge in [0.2, 0.25) is 5.91 Å². The molecule has 1 atom stereocenters. The van der Waals surface area contributed by atoms with Crippen LogP contribution < -0.4 is 10.6 Å². The lowest BCUT2D eigenvalue weighted by molar-refractivity contribution is -0.121. The Bertz CT molecular complexity index is 403. The minimum absolute atomic E-state index is 0.101. The van der Waals surface area contributed by atoms with E-state index in [0.717, 1.165) is 18.5 Å². The predicted octanol–water partition coefficient (Wildman–Crippen LogP) is 2.49. The molecular weight excluding hydrogens is 248 g/mol. The molecule has 1 fully saturated rings. The van der Waals surface area contributed by atoms with Gasteiger partial charge >= 0.3 is 0 Å². The summed E-state index contributed by atoms with van der Waals surface area (Å²) in [4.78, 5) is 11.7. The van der Waals surface area contributed by atoms with Crippen LogP contribution >= 0.6 is 11.6 Å². The van der Waals surface area contributed by atoms with Crippen LogP contribution in [0, 0.1) is 0 Å². The highest BCUT2D eigenvalue weighted by atomic mass is 35.5. The molecule has 0 spiro atoms. The normalized spacial score (nSPS) is 18.8. The zero-order valence-corrected chi connectivity index (χ0v) is 11.2. The average Bonchev–Trinajstić information content (AvgIpc) is 2.88. The van der Waals surface area contributed by atoms with Gasteiger partial charge in [-0.15, -0.1) is 0 Å². The maximum atomic E-state index is 11.7. The molecular formula is C14H19ClN2O. The quantitative estimate of drug-likeness (QED) is 0.860. The van der Waals surface area contributed by atoms with Crippen LogP contribution in [0.25, 0.3) is 0 Å². The van der Waals surface area contributed by atoms with Gasteiger partial charge in [0.1, 0.15) is 0 Å². The third kappa shape index (κ3) is 4.00. The van der Waals surface area contributed by atoms with Gasteiger partial charge in [0.15, 0.2) is 0 Å². The molecule has 18 heavy (non-hydrogen) atoms. The van der Waals surface area contributed by atoms with Gasteiger partial charge in [-0.25, -0.2) is 0 Å². The lowest BCUT2D eigenvalue weighted by Gasteiger charge is -2.10. The van der Waals surface area contributed by atoms with Crippen molar-refractivity contribution in [1.29, 1.82) is 0 Å². The van der Waals surface area contributed by atoms with E-state index in [2.05, 4.69) is 10.6 Å². The van der Waals surface area contributed by atoms with Crippen molar-refractivity contribution in [3.8, 4) is 0 Å². The zero-order valence-electron chi connectivity index (χ0n) is 10.4. The maximum absolute atomic E-state index is 11.7. The molecule has 1 aromatic carbocycles. The van der Waals surface area contributed by atoms with Crippen LogP contribution in [0.15, 0.2) is 24.3 Å². The fourth-order valence-electron chi connectivity index (χ4n) is 2.23. The molecule has 0 radical (unpaired) electrons. The van der Waals surface area contributed by atoms with Crippen LogP contribution in [0.3, 0.4) is 0 Å². The van der Waals surface area contributed by atoms with Crippen molar-refractivity contribution in [3.63, 3.8) is 0 Å². The Morgan fingerprint density at radius 3 is 3.00 bits per heavy atom. The van der Waals surface area contributed by atoms with Crippen LogP contribution in [0.1, 0.15) is 31.2 Å². The first kappa shape index (κ1) is 13.4. The van der Waals surface area contributed by atoms with E-state index in [9.17, 15) is 4.79 Å². The van der Waals surface area contributed by atoms with Crippen molar-refractivity contribution in [1.82, 2.24) is 10.6 Å². The Morgan fingerprint density at radius 1 is 1.44 bits per heavy atom. The summed E-state index contributed by atoms with van der Waals surface area (Å²) in [5.41, 5.74) is 0.964. The molecule has 0 saturated carbocycles. The molecule has 1 aliphatic rings. The molecule has 2 N–H and O–H groups in total. The van der Waals surface area contributed by atoms with Crippen molar-refractivity contribution in [2.75, 3.05) is 6.54 Å². The Labute approximate surface area is 113 Å². The van der Waals surface area contributed by atoms with Gasteiger partial charge in [0.25, 0.3) is 0 Å². The number of benzene rings is 1. The van der Waals surface area contributed by atoms with Crippen molar-refractivity contribution < 1.29 is 4.79 Å². The summed E-state index contributed by atoms with van der Waals surface area (Å²) in [5.74, 6) is 0.101. The highest BCUT2D eigenvalue weighted by molar-refractivity contribution is 6.31. The number of carbonyl (C=O) groups is 1. The second kappa shape index (κ2) is 6.76. The topological polar surface area (TPSA) is 41.1 Å². The molecule has 1 heterocycles. The van der Waals surface area contributed by atoms with Crippen LogP contribution in [0.2, 0.25) is 5.02 Å². The summed E-state index contributed by atoms with van der Waals surface area (Å²) in [5, 5.41) is 7.01. The van der Waals surface area contributed by atoms with Gasteiger partial charge < -0.3 is 10.6 Å². The number of rotatable bonds is 5. The molecule has 0 aromatic heterocycles. The van der Waals surface area contributed by atoms with Crippen molar-refractivity contribution in [2.24, 2.45) is 0 Å². The number of halogens is 1. The highest BCUT2D eigenvalue weighted by Crippen LogP contribution is 2.14. The van der Waals surface area contributed by atoms with Crippen LogP contribution in [-0.4, -0.2) is 18.5 Å². The molecule has 3 nitrogen and oxygen atoms in total. The molecule has 1 aliphatic heterocycles. The number of hydrogen-bond acceptors (Lipinski definition) is 2. The third-order valence-corrected chi connectivity index (χ3v) is 3.68. The van der Waals surface area contributed by atoms with Gasteiger partial charge in [0.05, 0.1) is 0 Å². The summed E-state index contributed by atoms with van der Waals surface area (Å²) in [7, 11) is 0. The predicted molar refractivity (Wildman–Crippen MR) is 73.6 cm³/mol. The van der Waals surface area contributed by atoms with Crippen molar-refractivity contribution in [3.05, 3.63) is 34.9 Å². The second-order valence-electron chi connectivity index (χ2n) is 4.70. The first-order valence-corrected chi connectivity index (χ1v) is 6.87. The molecule has 0 bridgehead atoms. The third-order valence-electron chi connectivity index (χ3n) is 3.32. The minimum Gasteiger partial charge on any atom is -0.352 e.